The second-order valence-electron chi connectivity index (χ2n) is 4.95. The van der Waals surface area contributed by atoms with Crippen LogP contribution in [0, 0.1) is 5.92 Å². The maximum atomic E-state index is 8.91. The Hall–Kier alpha value is -1.22. The van der Waals surface area contributed by atoms with Gasteiger partial charge in [0.1, 0.15) is 0 Å². The zero-order valence-electron chi connectivity index (χ0n) is 11.2. The summed E-state index contributed by atoms with van der Waals surface area (Å²) in [5.74, 6) is 2.34. The van der Waals surface area contributed by atoms with Gasteiger partial charge >= 0.3 is 0 Å². The molecule has 3 nitrogen and oxygen atoms in total. The summed E-state index contributed by atoms with van der Waals surface area (Å²) in [6.07, 6.45) is 5.43. The molecule has 0 spiro atoms. The van der Waals surface area contributed by atoms with Crippen molar-refractivity contribution >= 4 is 0 Å². The van der Waals surface area contributed by atoms with Gasteiger partial charge in [0.05, 0.1) is 14.2 Å². The summed E-state index contributed by atoms with van der Waals surface area (Å²) in [6.45, 7) is 0.301. The number of fused-ring (bicyclic) bond motifs is 1. The van der Waals surface area contributed by atoms with Crippen LogP contribution in [0.2, 0.25) is 0 Å². The Bertz CT molecular complexity index is 401. The second-order valence-corrected chi connectivity index (χ2v) is 4.95. The first-order valence-electron chi connectivity index (χ1n) is 6.63. The van der Waals surface area contributed by atoms with Gasteiger partial charge in [-0.2, -0.15) is 0 Å². The summed E-state index contributed by atoms with van der Waals surface area (Å²) in [5, 5.41) is 8.91. The molecule has 1 aromatic carbocycles. The maximum absolute atomic E-state index is 8.91. The van der Waals surface area contributed by atoms with Gasteiger partial charge in [0.15, 0.2) is 11.5 Å². The first kappa shape index (κ1) is 13.2. The van der Waals surface area contributed by atoms with E-state index in [1.54, 1.807) is 14.2 Å². The molecule has 0 amide bonds. The molecule has 18 heavy (non-hydrogen) atoms. The van der Waals surface area contributed by atoms with Crippen molar-refractivity contribution in [1.29, 1.82) is 0 Å². The summed E-state index contributed by atoms with van der Waals surface area (Å²) in [4.78, 5) is 0. The Labute approximate surface area is 109 Å². The van der Waals surface area contributed by atoms with Crippen molar-refractivity contribution in [1.82, 2.24) is 0 Å². The molecule has 0 aromatic heterocycles. The third-order valence-corrected chi connectivity index (χ3v) is 3.81. The highest BCUT2D eigenvalue weighted by Gasteiger charge is 2.20. The van der Waals surface area contributed by atoms with Crippen molar-refractivity contribution in [3.8, 4) is 11.5 Å². The van der Waals surface area contributed by atoms with E-state index in [2.05, 4.69) is 12.1 Å². The monoisotopic (exact) mass is 250 g/mol. The van der Waals surface area contributed by atoms with Gasteiger partial charge in [0.25, 0.3) is 0 Å². The van der Waals surface area contributed by atoms with Crippen molar-refractivity contribution in [3.63, 3.8) is 0 Å². The lowest BCUT2D eigenvalue weighted by atomic mass is 9.81. The molecule has 0 bridgehead atoms. The third-order valence-electron chi connectivity index (χ3n) is 3.81. The van der Waals surface area contributed by atoms with Crippen LogP contribution in [-0.4, -0.2) is 25.9 Å². The number of benzene rings is 1. The van der Waals surface area contributed by atoms with Gasteiger partial charge in [-0.3, -0.25) is 0 Å². The largest absolute Gasteiger partial charge is 0.493 e. The number of aliphatic hydroxyl groups is 1. The third kappa shape index (κ3) is 2.78. The van der Waals surface area contributed by atoms with Gasteiger partial charge in [-0.05, 0) is 61.3 Å². The molecular weight excluding hydrogens is 228 g/mol. The minimum Gasteiger partial charge on any atom is -0.493 e. The van der Waals surface area contributed by atoms with E-state index in [1.807, 2.05) is 0 Å². The van der Waals surface area contributed by atoms with Gasteiger partial charge in [-0.1, -0.05) is 0 Å². The molecule has 1 unspecified atom stereocenters. The summed E-state index contributed by atoms with van der Waals surface area (Å²) in [6, 6.07) is 4.22. The quantitative estimate of drug-likeness (QED) is 0.873. The van der Waals surface area contributed by atoms with Crippen LogP contribution < -0.4 is 9.47 Å². The first-order valence-corrected chi connectivity index (χ1v) is 6.63. The highest BCUT2D eigenvalue weighted by atomic mass is 16.5. The lowest BCUT2D eigenvalue weighted by Gasteiger charge is -2.25. The van der Waals surface area contributed by atoms with Crippen LogP contribution in [0.5, 0.6) is 11.5 Å². The highest BCUT2D eigenvalue weighted by Crippen LogP contribution is 2.36. The van der Waals surface area contributed by atoms with Crippen LogP contribution in [0.3, 0.4) is 0 Å². The highest BCUT2D eigenvalue weighted by molar-refractivity contribution is 5.48. The molecule has 2 rings (SSSR count). The topological polar surface area (TPSA) is 38.7 Å². The molecule has 0 saturated heterocycles. The molecule has 0 fully saturated rings. The van der Waals surface area contributed by atoms with Crippen LogP contribution in [0.1, 0.15) is 30.4 Å². The summed E-state index contributed by atoms with van der Waals surface area (Å²) in [7, 11) is 3.35. The molecule has 0 aliphatic heterocycles. The van der Waals surface area contributed by atoms with Crippen molar-refractivity contribution in [2.24, 2.45) is 5.92 Å². The number of ether oxygens (including phenoxy) is 2. The van der Waals surface area contributed by atoms with E-state index < -0.39 is 0 Å². The van der Waals surface area contributed by atoms with Gasteiger partial charge in [0, 0.05) is 6.61 Å². The Morgan fingerprint density at radius 3 is 2.44 bits per heavy atom. The number of aliphatic hydroxyl groups excluding tert-OH is 1. The van der Waals surface area contributed by atoms with E-state index in [-0.39, 0.29) is 0 Å². The standard InChI is InChI=1S/C15H22O3/c1-17-14-9-12-6-5-11(4-3-7-16)8-13(12)10-15(14)18-2/h9-11,16H,3-8H2,1-2H3. The normalized spacial score (nSPS) is 18.3. The van der Waals surface area contributed by atoms with Crippen LogP contribution in [0.25, 0.3) is 0 Å². The van der Waals surface area contributed by atoms with Gasteiger partial charge in [-0.15, -0.1) is 0 Å². The zero-order valence-corrected chi connectivity index (χ0v) is 11.2. The van der Waals surface area contributed by atoms with E-state index in [0.29, 0.717) is 12.5 Å². The van der Waals surface area contributed by atoms with Crippen LogP contribution in [-0.2, 0) is 12.8 Å². The summed E-state index contributed by atoms with van der Waals surface area (Å²) < 4.78 is 10.7. The van der Waals surface area contributed by atoms with Crippen LogP contribution >= 0.6 is 0 Å². The molecular formula is C15H22O3. The number of hydrogen-bond donors (Lipinski definition) is 1. The lowest BCUT2D eigenvalue weighted by molar-refractivity contribution is 0.266. The fraction of sp³-hybridized carbons (Fsp3) is 0.600. The molecule has 0 radical (unpaired) electrons. The second kappa shape index (κ2) is 6.10. The first-order chi connectivity index (χ1) is 8.78. The molecule has 1 atom stereocenters. The number of hydrogen-bond acceptors (Lipinski definition) is 3. The molecule has 0 heterocycles. The van der Waals surface area contributed by atoms with E-state index >= 15 is 0 Å². The Morgan fingerprint density at radius 2 is 1.83 bits per heavy atom. The zero-order chi connectivity index (χ0) is 13.0. The lowest BCUT2D eigenvalue weighted by Crippen LogP contribution is -2.15. The summed E-state index contributed by atoms with van der Waals surface area (Å²) >= 11 is 0. The fourth-order valence-electron chi connectivity index (χ4n) is 2.78. The van der Waals surface area contributed by atoms with Gasteiger partial charge < -0.3 is 14.6 Å². The maximum Gasteiger partial charge on any atom is 0.161 e. The number of methoxy groups -OCH3 is 2. The molecule has 0 saturated carbocycles. The predicted octanol–water partition coefficient (Wildman–Crippen LogP) is 2.58. The molecule has 100 valence electrons. The average molecular weight is 250 g/mol. The number of aryl methyl sites for hydroxylation is 1. The van der Waals surface area contributed by atoms with E-state index in [9.17, 15) is 0 Å². The van der Waals surface area contributed by atoms with Crippen molar-refractivity contribution < 1.29 is 14.6 Å². The van der Waals surface area contributed by atoms with Crippen molar-refractivity contribution in [2.45, 2.75) is 32.1 Å². The number of rotatable bonds is 5. The van der Waals surface area contributed by atoms with Crippen molar-refractivity contribution in [3.05, 3.63) is 23.3 Å². The summed E-state index contributed by atoms with van der Waals surface area (Å²) in [5.41, 5.74) is 2.76. The molecule has 1 aliphatic carbocycles. The molecule has 1 N–H and O–H groups in total. The van der Waals surface area contributed by atoms with E-state index in [4.69, 9.17) is 14.6 Å². The minimum absolute atomic E-state index is 0.301. The minimum atomic E-state index is 0.301. The Kier molecular flexibility index (Phi) is 4.48. The Balaban J connectivity index is 2.16. The molecule has 1 aromatic rings. The van der Waals surface area contributed by atoms with Crippen LogP contribution in [0.15, 0.2) is 12.1 Å². The Morgan fingerprint density at radius 1 is 1.17 bits per heavy atom. The average Bonchev–Trinajstić information content (AvgIpc) is 2.43. The fourth-order valence-corrected chi connectivity index (χ4v) is 2.78. The SMILES string of the molecule is COc1cc2c(cc1OC)CC(CCCO)CC2. The van der Waals surface area contributed by atoms with Gasteiger partial charge in [-0.25, -0.2) is 0 Å². The smallest absolute Gasteiger partial charge is 0.161 e. The van der Waals surface area contributed by atoms with Crippen molar-refractivity contribution in [2.75, 3.05) is 20.8 Å². The van der Waals surface area contributed by atoms with E-state index in [0.717, 1.165) is 37.2 Å². The predicted molar refractivity (Wildman–Crippen MR) is 71.4 cm³/mol. The van der Waals surface area contributed by atoms with Crippen LogP contribution in [0.4, 0.5) is 0 Å². The molecule has 1 aliphatic rings. The van der Waals surface area contributed by atoms with Gasteiger partial charge in [0.2, 0.25) is 0 Å². The van der Waals surface area contributed by atoms with E-state index in [1.165, 1.54) is 17.5 Å². The molecule has 3 heteroatoms.